The Morgan fingerprint density at radius 3 is 2.52 bits per heavy atom. The second-order valence-electron chi connectivity index (χ2n) is 6.75. The number of piperidine rings is 1. The van der Waals surface area contributed by atoms with Gasteiger partial charge in [0.1, 0.15) is 6.54 Å². The van der Waals surface area contributed by atoms with Crippen LogP contribution in [0.5, 0.6) is 0 Å². The van der Waals surface area contributed by atoms with Crippen molar-refractivity contribution >= 4 is 27.1 Å². The molecule has 2 atom stereocenters. The lowest BCUT2D eigenvalue weighted by Crippen LogP contribution is -2.42. The third-order valence-electron chi connectivity index (χ3n) is 4.41. The highest BCUT2D eigenvalue weighted by Gasteiger charge is 2.32. The van der Waals surface area contributed by atoms with Crippen molar-refractivity contribution in [2.75, 3.05) is 13.1 Å². The molecule has 2 aromatic rings. The van der Waals surface area contributed by atoms with Crippen LogP contribution in [-0.2, 0) is 21.4 Å². The van der Waals surface area contributed by atoms with E-state index in [1.165, 1.54) is 22.5 Å². The van der Waals surface area contributed by atoms with Gasteiger partial charge in [-0.05, 0) is 30.4 Å². The van der Waals surface area contributed by atoms with Crippen LogP contribution < -0.4 is 5.76 Å². The molecule has 0 saturated carbocycles. The van der Waals surface area contributed by atoms with Crippen molar-refractivity contribution < 1.29 is 22.7 Å². The summed E-state index contributed by atoms with van der Waals surface area (Å²) in [6.07, 6.45) is 0.984. The molecule has 9 heteroatoms. The number of fused-ring (bicyclic) bond motifs is 1. The molecule has 0 radical (unpaired) electrons. The molecule has 0 amide bonds. The van der Waals surface area contributed by atoms with E-state index >= 15 is 0 Å². The van der Waals surface area contributed by atoms with Gasteiger partial charge in [0.25, 0.3) is 0 Å². The summed E-state index contributed by atoms with van der Waals surface area (Å²) in [5.41, 5.74) is 0.317. The fourth-order valence-electron chi connectivity index (χ4n) is 3.44. The molecule has 136 valence electrons. The van der Waals surface area contributed by atoms with Gasteiger partial charge < -0.3 is 9.52 Å². The van der Waals surface area contributed by atoms with E-state index in [0.29, 0.717) is 13.1 Å². The second-order valence-corrected chi connectivity index (χ2v) is 8.68. The molecule has 8 nitrogen and oxygen atoms in total. The molecule has 1 aromatic heterocycles. The Bertz CT molecular complexity index is 964. The highest BCUT2D eigenvalue weighted by atomic mass is 32.2. The van der Waals surface area contributed by atoms with E-state index in [1.54, 1.807) is 0 Å². The lowest BCUT2D eigenvalue weighted by Gasteiger charge is -2.34. The largest absolute Gasteiger partial charge is 0.480 e. The molecular formula is C16H20N2O6S. The molecule has 1 aromatic carbocycles. The highest BCUT2D eigenvalue weighted by molar-refractivity contribution is 7.89. The quantitative estimate of drug-likeness (QED) is 0.872. The third-order valence-corrected chi connectivity index (χ3v) is 6.23. The number of nitrogens with zero attached hydrogens (tertiary/aromatic N) is 2. The van der Waals surface area contributed by atoms with E-state index in [9.17, 15) is 18.0 Å². The zero-order chi connectivity index (χ0) is 18.4. The van der Waals surface area contributed by atoms with Crippen molar-refractivity contribution in [2.45, 2.75) is 31.7 Å². The maximum Gasteiger partial charge on any atom is 0.420 e. The standard InChI is InChI=1S/C16H20N2O6S/c1-10-5-11(2)8-17(7-10)25(22,23)12-3-4-13-14(6-12)24-16(21)18(13)9-15(19)20/h3-4,6,10-11H,5,7-9H2,1-2H3,(H,19,20). The van der Waals surface area contributed by atoms with Gasteiger partial charge in [-0.1, -0.05) is 13.8 Å². The van der Waals surface area contributed by atoms with Gasteiger partial charge in [-0.15, -0.1) is 0 Å². The lowest BCUT2D eigenvalue weighted by molar-refractivity contribution is -0.137. The van der Waals surface area contributed by atoms with Crippen LogP contribution in [-0.4, -0.2) is 41.5 Å². The summed E-state index contributed by atoms with van der Waals surface area (Å²) in [5.74, 6) is -1.46. The Kier molecular flexibility index (Phi) is 4.46. The van der Waals surface area contributed by atoms with Crippen LogP contribution in [0.1, 0.15) is 20.3 Å². The third kappa shape index (κ3) is 3.34. The number of sulfonamides is 1. The molecule has 0 bridgehead atoms. The molecule has 25 heavy (non-hydrogen) atoms. The van der Waals surface area contributed by atoms with E-state index in [1.807, 2.05) is 13.8 Å². The van der Waals surface area contributed by atoms with Gasteiger partial charge in [-0.25, -0.2) is 13.2 Å². The van der Waals surface area contributed by atoms with E-state index in [-0.39, 0.29) is 27.8 Å². The highest BCUT2D eigenvalue weighted by Crippen LogP contribution is 2.28. The lowest BCUT2D eigenvalue weighted by atomic mass is 9.94. The fourth-order valence-corrected chi connectivity index (χ4v) is 5.14. The Morgan fingerprint density at radius 2 is 1.92 bits per heavy atom. The van der Waals surface area contributed by atoms with E-state index in [2.05, 4.69) is 0 Å². The van der Waals surface area contributed by atoms with Gasteiger partial charge in [-0.2, -0.15) is 4.31 Å². The summed E-state index contributed by atoms with van der Waals surface area (Å²) < 4.78 is 33.2. The summed E-state index contributed by atoms with van der Waals surface area (Å²) in [6.45, 7) is 4.40. The van der Waals surface area contributed by atoms with Crippen LogP contribution in [0.25, 0.3) is 11.1 Å². The van der Waals surface area contributed by atoms with Gasteiger partial charge in [-0.3, -0.25) is 9.36 Å². The van der Waals surface area contributed by atoms with Crippen molar-refractivity contribution in [3.8, 4) is 0 Å². The number of carboxylic acid groups (broad SMARTS) is 1. The minimum absolute atomic E-state index is 0.0394. The van der Waals surface area contributed by atoms with Crippen LogP contribution in [0.15, 0.2) is 32.3 Å². The predicted octanol–water partition coefficient (Wildman–Crippen LogP) is 1.35. The Balaban J connectivity index is 2.01. The monoisotopic (exact) mass is 368 g/mol. The summed E-state index contributed by atoms with van der Waals surface area (Å²) >= 11 is 0. The van der Waals surface area contributed by atoms with Crippen molar-refractivity contribution in [3.05, 3.63) is 28.7 Å². The van der Waals surface area contributed by atoms with Crippen LogP contribution in [0.4, 0.5) is 0 Å². The number of benzene rings is 1. The molecule has 1 N–H and O–H groups in total. The topological polar surface area (TPSA) is 110 Å². The number of hydrogen-bond acceptors (Lipinski definition) is 5. The minimum atomic E-state index is -3.70. The van der Waals surface area contributed by atoms with Crippen LogP contribution in [0, 0.1) is 11.8 Å². The van der Waals surface area contributed by atoms with E-state index < -0.39 is 28.3 Å². The molecule has 1 aliphatic rings. The molecule has 0 aliphatic carbocycles. The first-order valence-electron chi connectivity index (χ1n) is 8.04. The molecule has 0 spiro atoms. The first kappa shape index (κ1) is 17.7. The van der Waals surface area contributed by atoms with Crippen molar-refractivity contribution in [2.24, 2.45) is 11.8 Å². The molecule has 1 aliphatic heterocycles. The van der Waals surface area contributed by atoms with E-state index in [0.717, 1.165) is 11.0 Å². The summed E-state index contributed by atoms with van der Waals surface area (Å²) in [7, 11) is -3.70. The number of aromatic nitrogens is 1. The molecular weight excluding hydrogens is 348 g/mol. The normalized spacial score (nSPS) is 22.3. The first-order chi connectivity index (χ1) is 11.7. The second kappa shape index (κ2) is 6.30. The molecule has 1 fully saturated rings. The Hall–Kier alpha value is -2.13. The molecule has 2 unspecified atom stereocenters. The number of carboxylic acids is 1. The van der Waals surface area contributed by atoms with Crippen molar-refractivity contribution in [3.63, 3.8) is 0 Å². The summed E-state index contributed by atoms with van der Waals surface area (Å²) in [5, 5.41) is 8.87. The summed E-state index contributed by atoms with van der Waals surface area (Å²) in [4.78, 5) is 22.7. The smallest absolute Gasteiger partial charge is 0.420 e. The number of oxazole rings is 1. The van der Waals surface area contributed by atoms with E-state index in [4.69, 9.17) is 9.52 Å². The van der Waals surface area contributed by atoms with Crippen molar-refractivity contribution in [1.29, 1.82) is 0 Å². The number of hydrogen-bond donors (Lipinski definition) is 1. The van der Waals surface area contributed by atoms with Crippen molar-refractivity contribution in [1.82, 2.24) is 8.87 Å². The van der Waals surface area contributed by atoms with Gasteiger partial charge in [0.15, 0.2) is 5.58 Å². The van der Waals surface area contributed by atoms with Gasteiger partial charge in [0, 0.05) is 19.2 Å². The number of rotatable bonds is 4. The van der Waals surface area contributed by atoms with Gasteiger partial charge >= 0.3 is 11.7 Å². The SMILES string of the molecule is CC1CC(C)CN(S(=O)(=O)c2ccc3c(c2)oc(=O)n3CC(=O)O)C1. The van der Waals surface area contributed by atoms with Crippen LogP contribution >= 0.6 is 0 Å². The zero-order valence-corrected chi connectivity index (χ0v) is 14.8. The zero-order valence-electron chi connectivity index (χ0n) is 14.0. The van der Waals surface area contributed by atoms with Crippen LogP contribution in [0.2, 0.25) is 0 Å². The number of carbonyl (C=O) groups is 1. The average Bonchev–Trinajstić information content (AvgIpc) is 2.81. The summed E-state index contributed by atoms with van der Waals surface area (Å²) in [6, 6.07) is 4.08. The minimum Gasteiger partial charge on any atom is -0.480 e. The average molecular weight is 368 g/mol. The molecule has 1 saturated heterocycles. The maximum absolute atomic E-state index is 12.9. The van der Waals surface area contributed by atoms with Gasteiger partial charge in [0.2, 0.25) is 10.0 Å². The molecule has 3 rings (SSSR count). The number of aliphatic carboxylic acids is 1. The molecule has 2 heterocycles. The Labute approximate surface area is 144 Å². The van der Waals surface area contributed by atoms with Gasteiger partial charge in [0.05, 0.1) is 10.4 Å². The maximum atomic E-state index is 12.9. The fraction of sp³-hybridized carbons (Fsp3) is 0.500. The first-order valence-corrected chi connectivity index (χ1v) is 9.48. The Morgan fingerprint density at radius 1 is 1.28 bits per heavy atom. The van der Waals surface area contributed by atoms with Crippen LogP contribution in [0.3, 0.4) is 0 Å². The predicted molar refractivity (Wildman–Crippen MR) is 89.8 cm³/mol.